The van der Waals surface area contributed by atoms with Crippen molar-refractivity contribution in [3.05, 3.63) is 66.1 Å². The predicted molar refractivity (Wildman–Crippen MR) is 124 cm³/mol. The van der Waals surface area contributed by atoms with Gasteiger partial charge in [-0.05, 0) is 39.3 Å². The number of rotatable bonds is 7. The van der Waals surface area contributed by atoms with Gasteiger partial charge in [0, 0.05) is 18.0 Å². The maximum atomic E-state index is 13.5. The molecule has 1 aromatic heterocycles. The van der Waals surface area contributed by atoms with E-state index >= 15 is 0 Å². The lowest BCUT2D eigenvalue weighted by atomic mass is 10.1. The van der Waals surface area contributed by atoms with Crippen molar-refractivity contribution < 1.29 is 22.5 Å². The molecule has 0 spiro atoms. The molecule has 3 aromatic rings. The fourth-order valence-corrected chi connectivity index (χ4v) is 5.48. The standard InChI is InChI=1S/C24H26N4O5S/c1-16(2)27(15-21-25-23(26-33-21)18-7-5-4-6-8-18)24(30)20-13-14-22(29)28(20)34(31,32)19-11-9-17(3)10-12-19/h4-12,16,20H,13-15H2,1-3H3. The summed E-state index contributed by atoms with van der Waals surface area (Å²) in [5.74, 6) is -0.452. The summed E-state index contributed by atoms with van der Waals surface area (Å²) in [5, 5.41) is 3.98. The Bertz CT molecular complexity index is 1290. The summed E-state index contributed by atoms with van der Waals surface area (Å²) >= 11 is 0. The zero-order valence-corrected chi connectivity index (χ0v) is 20.0. The Morgan fingerprint density at radius 3 is 2.47 bits per heavy atom. The van der Waals surface area contributed by atoms with E-state index in [1.54, 1.807) is 12.1 Å². The van der Waals surface area contributed by atoms with E-state index in [1.807, 2.05) is 51.1 Å². The third-order valence-electron chi connectivity index (χ3n) is 5.74. The van der Waals surface area contributed by atoms with Crippen LogP contribution in [0.5, 0.6) is 0 Å². The summed E-state index contributed by atoms with van der Waals surface area (Å²) in [6.07, 6.45) is 0.0945. The molecule has 0 N–H and O–H groups in total. The Hall–Kier alpha value is -3.53. The van der Waals surface area contributed by atoms with Crippen LogP contribution in [0.4, 0.5) is 0 Å². The summed E-state index contributed by atoms with van der Waals surface area (Å²) in [4.78, 5) is 32.0. The fraction of sp³-hybridized carbons (Fsp3) is 0.333. The third kappa shape index (κ3) is 4.58. The average Bonchev–Trinajstić information content (AvgIpc) is 3.45. The van der Waals surface area contributed by atoms with Crippen LogP contribution >= 0.6 is 0 Å². The fourth-order valence-electron chi connectivity index (χ4n) is 3.89. The molecule has 1 atom stereocenters. The lowest BCUT2D eigenvalue weighted by Gasteiger charge is -2.31. The van der Waals surface area contributed by atoms with Gasteiger partial charge in [-0.15, -0.1) is 0 Å². The highest BCUT2D eigenvalue weighted by atomic mass is 32.2. The van der Waals surface area contributed by atoms with Crippen LogP contribution in [0, 0.1) is 6.92 Å². The first-order valence-electron chi connectivity index (χ1n) is 11.0. The molecule has 0 radical (unpaired) electrons. The summed E-state index contributed by atoms with van der Waals surface area (Å²) in [7, 11) is -4.18. The summed E-state index contributed by atoms with van der Waals surface area (Å²) in [6.45, 7) is 5.45. The molecule has 4 rings (SSSR count). The van der Waals surface area contributed by atoms with Gasteiger partial charge in [-0.3, -0.25) is 9.59 Å². The second-order valence-corrected chi connectivity index (χ2v) is 10.3. The van der Waals surface area contributed by atoms with Crippen LogP contribution in [-0.2, 0) is 26.2 Å². The lowest BCUT2D eigenvalue weighted by molar-refractivity contribution is -0.140. The molecule has 178 valence electrons. The van der Waals surface area contributed by atoms with E-state index in [2.05, 4.69) is 10.1 Å². The van der Waals surface area contributed by atoms with Gasteiger partial charge in [-0.25, -0.2) is 12.7 Å². The van der Waals surface area contributed by atoms with Crippen molar-refractivity contribution in [2.45, 2.75) is 57.1 Å². The molecule has 2 aromatic carbocycles. The molecule has 1 aliphatic heterocycles. The number of carbonyl (C=O) groups excluding carboxylic acids is 2. The van der Waals surface area contributed by atoms with E-state index in [1.165, 1.54) is 17.0 Å². The van der Waals surface area contributed by atoms with Gasteiger partial charge < -0.3 is 9.42 Å². The Kier molecular flexibility index (Phi) is 6.52. The first-order chi connectivity index (χ1) is 16.2. The molecule has 1 unspecified atom stereocenters. The summed E-state index contributed by atoms with van der Waals surface area (Å²) in [5.41, 5.74) is 1.66. The van der Waals surface area contributed by atoms with Crippen molar-refractivity contribution in [3.63, 3.8) is 0 Å². The van der Waals surface area contributed by atoms with Crippen LogP contribution < -0.4 is 0 Å². The normalized spacial score (nSPS) is 16.3. The van der Waals surface area contributed by atoms with E-state index in [9.17, 15) is 18.0 Å². The van der Waals surface area contributed by atoms with Crippen LogP contribution in [-0.4, -0.2) is 51.7 Å². The molecule has 1 fully saturated rings. The van der Waals surface area contributed by atoms with Gasteiger partial charge in [0.05, 0.1) is 4.90 Å². The molecule has 1 saturated heterocycles. The quantitative estimate of drug-likeness (QED) is 0.508. The van der Waals surface area contributed by atoms with Crippen LogP contribution in [0.15, 0.2) is 64.0 Å². The van der Waals surface area contributed by atoms with Crippen molar-refractivity contribution in [2.24, 2.45) is 0 Å². The van der Waals surface area contributed by atoms with Crippen molar-refractivity contribution in [1.82, 2.24) is 19.3 Å². The minimum atomic E-state index is -4.18. The van der Waals surface area contributed by atoms with Gasteiger partial charge in [0.25, 0.3) is 10.0 Å². The number of amides is 2. The minimum Gasteiger partial charge on any atom is -0.337 e. The van der Waals surface area contributed by atoms with Gasteiger partial charge >= 0.3 is 0 Å². The summed E-state index contributed by atoms with van der Waals surface area (Å²) < 4.78 is 32.6. The Morgan fingerprint density at radius 1 is 1.15 bits per heavy atom. The highest BCUT2D eigenvalue weighted by Gasteiger charge is 2.46. The minimum absolute atomic E-state index is 0.000552. The van der Waals surface area contributed by atoms with Crippen LogP contribution in [0.3, 0.4) is 0 Å². The van der Waals surface area contributed by atoms with Gasteiger partial charge in [-0.2, -0.15) is 4.98 Å². The number of hydrogen-bond acceptors (Lipinski definition) is 7. The number of aryl methyl sites for hydroxylation is 1. The number of carbonyl (C=O) groups is 2. The number of aromatic nitrogens is 2. The Balaban J connectivity index is 1.59. The zero-order chi connectivity index (χ0) is 24.5. The van der Waals surface area contributed by atoms with Gasteiger partial charge in [-0.1, -0.05) is 53.2 Å². The van der Waals surface area contributed by atoms with E-state index in [-0.39, 0.29) is 36.2 Å². The highest BCUT2D eigenvalue weighted by Crippen LogP contribution is 2.29. The molecule has 0 saturated carbocycles. The molecular weight excluding hydrogens is 456 g/mol. The van der Waals surface area contributed by atoms with Gasteiger partial charge in [0.1, 0.15) is 12.6 Å². The smallest absolute Gasteiger partial charge is 0.267 e. The number of nitrogens with zero attached hydrogens (tertiary/aromatic N) is 4. The van der Waals surface area contributed by atoms with Crippen molar-refractivity contribution >= 4 is 21.8 Å². The molecular formula is C24H26N4O5S. The second kappa shape index (κ2) is 9.38. The number of benzene rings is 2. The van der Waals surface area contributed by atoms with Crippen LogP contribution in [0.2, 0.25) is 0 Å². The van der Waals surface area contributed by atoms with E-state index in [0.29, 0.717) is 5.82 Å². The van der Waals surface area contributed by atoms with Crippen molar-refractivity contribution in [1.29, 1.82) is 0 Å². The molecule has 0 aliphatic carbocycles. The monoisotopic (exact) mass is 482 g/mol. The molecule has 0 bridgehead atoms. The molecule has 1 aliphatic rings. The van der Waals surface area contributed by atoms with E-state index in [0.717, 1.165) is 15.4 Å². The lowest BCUT2D eigenvalue weighted by Crippen LogP contribution is -2.50. The molecule has 34 heavy (non-hydrogen) atoms. The number of sulfonamides is 1. The third-order valence-corrected chi connectivity index (χ3v) is 7.58. The molecule has 9 nitrogen and oxygen atoms in total. The van der Waals surface area contributed by atoms with E-state index < -0.39 is 27.9 Å². The second-order valence-electron chi connectivity index (χ2n) is 8.50. The van der Waals surface area contributed by atoms with Gasteiger partial charge in [0.2, 0.25) is 23.5 Å². The molecule has 2 amide bonds. The number of hydrogen-bond donors (Lipinski definition) is 0. The maximum absolute atomic E-state index is 13.5. The van der Waals surface area contributed by atoms with E-state index in [4.69, 9.17) is 4.52 Å². The molecule has 10 heteroatoms. The first-order valence-corrected chi connectivity index (χ1v) is 12.4. The van der Waals surface area contributed by atoms with Crippen LogP contribution in [0.1, 0.15) is 38.1 Å². The molecule has 2 heterocycles. The Morgan fingerprint density at radius 2 is 1.82 bits per heavy atom. The van der Waals surface area contributed by atoms with Gasteiger partial charge in [0.15, 0.2) is 0 Å². The van der Waals surface area contributed by atoms with Crippen molar-refractivity contribution in [3.8, 4) is 11.4 Å². The topological polar surface area (TPSA) is 114 Å². The highest BCUT2D eigenvalue weighted by molar-refractivity contribution is 7.89. The van der Waals surface area contributed by atoms with Crippen molar-refractivity contribution in [2.75, 3.05) is 0 Å². The predicted octanol–water partition coefficient (Wildman–Crippen LogP) is 3.16. The first kappa shape index (κ1) is 23.6. The maximum Gasteiger partial charge on any atom is 0.267 e. The Labute approximate surface area is 198 Å². The summed E-state index contributed by atoms with van der Waals surface area (Å²) in [6, 6.07) is 14.1. The average molecular weight is 483 g/mol. The SMILES string of the molecule is Cc1ccc(S(=O)(=O)N2C(=O)CCC2C(=O)N(Cc2nc(-c3ccccc3)no2)C(C)C)cc1. The van der Waals surface area contributed by atoms with Crippen LogP contribution in [0.25, 0.3) is 11.4 Å². The largest absolute Gasteiger partial charge is 0.337 e. The zero-order valence-electron chi connectivity index (χ0n) is 19.2.